The molecule has 0 saturated heterocycles. The molecule has 0 rings (SSSR count). The summed E-state index contributed by atoms with van der Waals surface area (Å²) in [6.45, 7) is 7.12. The van der Waals surface area contributed by atoms with Crippen molar-refractivity contribution in [2.45, 2.75) is 52.9 Å². The quantitative estimate of drug-likeness (QED) is 0.613. The van der Waals surface area contributed by atoms with E-state index in [0.717, 1.165) is 18.9 Å². The summed E-state index contributed by atoms with van der Waals surface area (Å²) in [5.74, 6) is 0.804. The van der Waals surface area contributed by atoms with Crippen LogP contribution in [-0.4, -0.2) is 12.5 Å². The number of hydrogen-bond donors (Lipinski definition) is 1. The Morgan fingerprint density at radius 2 is 2.07 bits per heavy atom. The van der Waals surface area contributed by atoms with E-state index in [1.807, 2.05) is 6.92 Å². The van der Waals surface area contributed by atoms with Gasteiger partial charge in [-0.05, 0) is 25.3 Å². The van der Waals surface area contributed by atoms with Gasteiger partial charge in [0.15, 0.2) is 0 Å². The minimum atomic E-state index is 0.0304. The van der Waals surface area contributed by atoms with Crippen LogP contribution in [0.5, 0.6) is 0 Å². The molecule has 2 nitrogen and oxygen atoms in total. The van der Waals surface area contributed by atoms with Crippen molar-refractivity contribution in [3.63, 3.8) is 0 Å². The molecule has 0 fully saturated rings. The first kappa shape index (κ1) is 14.2. The summed E-state index contributed by atoms with van der Waals surface area (Å²) in [4.78, 5) is 11.1. The number of rotatable bonds is 8. The van der Waals surface area contributed by atoms with Crippen molar-refractivity contribution in [2.24, 2.45) is 5.92 Å². The van der Waals surface area contributed by atoms with Gasteiger partial charge in [-0.1, -0.05) is 45.6 Å². The fourth-order valence-corrected chi connectivity index (χ4v) is 1.66. The molecule has 0 saturated carbocycles. The van der Waals surface area contributed by atoms with E-state index in [2.05, 4.69) is 19.2 Å². The van der Waals surface area contributed by atoms with E-state index < -0.39 is 0 Å². The molecule has 88 valence electrons. The largest absolute Gasteiger partial charge is 0.353 e. The Kier molecular flexibility index (Phi) is 9.24. The molecule has 2 heteroatoms. The van der Waals surface area contributed by atoms with Gasteiger partial charge in [0.05, 0.1) is 0 Å². The molecule has 0 radical (unpaired) electrons. The third kappa shape index (κ3) is 8.22. The van der Waals surface area contributed by atoms with Gasteiger partial charge < -0.3 is 5.32 Å². The standard InChI is InChI=1S/C13H25NO/c1-4-7-9-12(6-3)10-11-14-13(15)8-5-2/h5,8,12H,4,6-7,9-11H2,1-3H3,(H,14,15)/b8-5+. The highest BCUT2D eigenvalue weighted by Gasteiger charge is 2.05. The second-order valence-electron chi connectivity index (χ2n) is 4.00. The lowest BCUT2D eigenvalue weighted by molar-refractivity contribution is -0.116. The van der Waals surface area contributed by atoms with Crippen molar-refractivity contribution in [3.8, 4) is 0 Å². The van der Waals surface area contributed by atoms with Crippen molar-refractivity contribution in [1.29, 1.82) is 0 Å². The van der Waals surface area contributed by atoms with Crippen LogP contribution in [-0.2, 0) is 4.79 Å². The Morgan fingerprint density at radius 1 is 1.33 bits per heavy atom. The first-order chi connectivity index (χ1) is 7.24. The molecule has 0 aromatic heterocycles. The Labute approximate surface area is 94.1 Å². The summed E-state index contributed by atoms with van der Waals surface area (Å²) < 4.78 is 0. The van der Waals surface area contributed by atoms with Gasteiger partial charge in [0.1, 0.15) is 0 Å². The van der Waals surface area contributed by atoms with Gasteiger partial charge in [-0.3, -0.25) is 4.79 Å². The predicted octanol–water partition coefficient (Wildman–Crippen LogP) is 3.29. The molecule has 0 bridgehead atoms. The van der Waals surface area contributed by atoms with Crippen LogP contribution in [0.1, 0.15) is 52.9 Å². The van der Waals surface area contributed by atoms with Crippen molar-refractivity contribution in [3.05, 3.63) is 12.2 Å². The number of unbranched alkanes of at least 4 members (excludes halogenated alkanes) is 1. The van der Waals surface area contributed by atoms with E-state index in [1.54, 1.807) is 12.2 Å². The lowest BCUT2D eigenvalue weighted by Crippen LogP contribution is -2.23. The van der Waals surface area contributed by atoms with Crippen molar-refractivity contribution in [2.75, 3.05) is 6.54 Å². The molecule has 0 aromatic carbocycles. The lowest BCUT2D eigenvalue weighted by Gasteiger charge is -2.14. The molecule has 0 aromatic rings. The molecule has 15 heavy (non-hydrogen) atoms. The lowest BCUT2D eigenvalue weighted by atomic mass is 9.96. The maximum Gasteiger partial charge on any atom is 0.243 e. The number of amides is 1. The molecule has 1 atom stereocenters. The molecule has 0 aliphatic carbocycles. The highest BCUT2D eigenvalue weighted by Crippen LogP contribution is 2.15. The Morgan fingerprint density at radius 3 is 2.60 bits per heavy atom. The fraction of sp³-hybridized carbons (Fsp3) is 0.769. The monoisotopic (exact) mass is 211 g/mol. The number of nitrogens with one attached hydrogen (secondary N) is 1. The van der Waals surface area contributed by atoms with Crippen LogP contribution in [0.25, 0.3) is 0 Å². The van der Waals surface area contributed by atoms with E-state index >= 15 is 0 Å². The van der Waals surface area contributed by atoms with Crippen LogP contribution in [0.2, 0.25) is 0 Å². The third-order valence-corrected chi connectivity index (χ3v) is 2.71. The topological polar surface area (TPSA) is 29.1 Å². The Bertz CT molecular complexity index is 187. The third-order valence-electron chi connectivity index (χ3n) is 2.71. The highest BCUT2D eigenvalue weighted by atomic mass is 16.1. The summed E-state index contributed by atoms with van der Waals surface area (Å²) in [7, 11) is 0. The number of allylic oxidation sites excluding steroid dienone is 1. The summed E-state index contributed by atoms with van der Waals surface area (Å²) in [6.07, 6.45) is 9.55. The highest BCUT2D eigenvalue weighted by molar-refractivity contribution is 5.87. The average Bonchev–Trinajstić information content (AvgIpc) is 2.23. The number of hydrogen-bond acceptors (Lipinski definition) is 1. The van der Waals surface area contributed by atoms with Gasteiger partial charge in [-0.15, -0.1) is 0 Å². The van der Waals surface area contributed by atoms with Crippen LogP contribution >= 0.6 is 0 Å². The molecule has 1 N–H and O–H groups in total. The maximum atomic E-state index is 11.1. The summed E-state index contributed by atoms with van der Waals surface area (Å²) in [5, 5.41) is 2.90. The predicted molar refractivity (Wildman–Crippen MR) is 65.7 cm³/mol. The second kappa shape index (κ2) is 9.75. The van der Waals surface area contributed by atoms with Crippen molar-refractivity contribution >= 4 is 5.91 Å². The molecule has 0 aliphatic heterocycles. The van der Waals surface area contributed by atoms with Crippen LogP contribution in [0.4, 0.5) is 0 Å². The van der Waals surface area contributed by atoms with Crippen LogP contribution in [0.15, 0.2) is 12.2 Å². The SMILES string of the molecule is C/C=C/C(=O)NCCC(CC)CCCC. The fourth-order valence-electron chi connectivity index (χ4n) is 1.66. The molecular formula is C13H25NO. The number of carbonyl (C=O) groups is 1. The number of carbonyl (C=O) groups excluding carboxylic acids is 1. The average molecular weight is 211 g/mol. The molecule has 0 spiro atoms. The van der Waals surface area contributed by atoms with Gasteiger partial charge >= 0.3 is 0 Å². The molecule has 0 heterocycles. The normalized spacial score (nSPS) is 13.0. The first-order valence-electron chi connectivity index (χ1n) is 6.15. The first-order valence-corrected chi connectivity index (χ1v) is 6.15. The van der Waals surface area contributed by atoms with Crippen molar-refractivity contribution < 1.29 is 4.79 Å². The van der Waals surface area contributed by atoms with Crippen LogP contribution in [0.3, 0.4) is 0 Å². The van der Waals surface area contributed by atoms with Gasteiger partial charge in [0, 0.05) is 6.54 Å². The van der Waals surface area contributed by atoms with Gasteiger partial charge in [-0.25, -0.2) is 0 Å². The smallest absolute Gasteiger partial charge is 0.243 e. The zero-order valence-electron chi connectivity index (χ0n) is 10.4. The van der Waals surface area contributed by atoms with E-state index in [0.29, 0.717) is 0 Å². The molecule has 1 amide bonds. The van der Waals surface area contributed by atoms with Crippen LogP contribution < -0.4 is 5.32 Å². The maximum absolute atomic E-state index is 11.1. The van der Waals surface area contributed by atoms with Gasteiger partial charge in [0.2, 0.25) is 5.91 Å². The van der Waals surface area contributed by atoms with Crippen LogP contribution in [0, 0.1) is 5.92 Å². The minimum absolute atomic E-state index is 0.0304. The van der Waals surface area contributed by atoms with E-state index in [-0.39, 0.29) is 5.91 Å². The van der Waals surface area contributed by atoms with Crippen molar-refractivity contribution in [1.82, 2.24) is 5.32 Å². The molecule has 0 aliphatic rings. The Balaban J connectivity index is 3.57. The second-order valence-corrected chi connectivity index (χ2v) is 4.00. The molecular weight excluding hydrogens is 186 g/mol. The van der Waals surface area contributed by atoms with E-state index in [4.69, 9.17) is 0 Å². The molecule has 1 unspecified atom stereocenters. The van der Waals surface area contributed by atoms with E-state index in [1.165, 1.54) is 25.7 Å². The zero-order chi connectivity index (χ0) is 11.5. The van der Waals surface area contributed by atoms with E-state index in [9.17, 15) is 4.79 Å². The van der Waals surface area contributed by atoms with Gasteiger partial charge in [-0.2, -0.15) is 0 Å². The minimum Gasteiger partial charge on any atom is -0.353 e. The summed E-state index contributed by atoms with van der Waals surface area (Å²) in [5.41, 5.74) is 0. The summed E-state index contributed by atoms with van der Waals surface area (Å²) >= 11 is 0. The zero-order valence-corrected chi connectivity index (χ0v) is 10.4. The Hall–Kier alpha value is -0.790. The van der Waals surface area contributed by atoms with Gasteiger partial charge in [0.25, 0.3) is 0 Å². The summed E-state index contributed by atoms with van der Waals surface area (Å²) in [6, 6.07) is 0.